The highest BCUT2D eigenvalue weighted by Crippen LogP contribution is 2.29. The highest BCUT2D eigenvalue weighted by molar-refractivity contribution is 7.99. The standard InChI is InChI=1S/C17H25N5OS/c1-13(2)16(21-8-10-24-11-9-21)17-18-19-20-22(17)12-14-4-6-15(23-3)7-5-14/h4-7,13,16H,8-12H2,1-3H3/t16-/m0/s1. The number of ether oxygens (including phenoxy) is 1. The summed E-state index contributed by atoms with van der Waals surface area (Å²) in [6, 6.07) is 8.33. The molecule has 0 bridgehead atoms. The number of thioether (sulfide) groups is 1. The van der Waals surface area contributed by atoms with E-state index in [0.717, 1.165) is 24.7 Å². The zero-order chi connectivity index (χ0) is 16.9. The summed E-state index contributed by atoms with van der Waals surface area (Å²) in [6.07, 6.45) is 0. The minimum atomic E-state index is 0.263. The van der Waals surface area contributed by atoms with E-state index in [2.05, 4.69) is 46.4 Å². The Balaban J connectivity index is 1.81. The average molecular weight is 347 g/mol. The van der Waals surface area contributed by atoms with Gasteiger partial charge in [-0.2, -0.15) is 11.8 Å². The molecule has 0 spiro atoms. The van der Waals surface area contributed by atoms with Gasteiger partial charge in [-0.25, -0.2) is 4.68 Å². The molecule has 2 aromatic rings. The molecule has 0 radical (unpaired) electrons. The minimum absolute atomic E-state index is 0.263. The zero-order valence-electron chi connectivity index (χ0n) is 14.6. The Bertz CT molecular complexity index is 637. The van der Waals surface area contributed by atoms with Crippen LogP contribution < -0.4 is 4.74 Å². The molecule has 1 atom stereocenters. The average Bonchev–Trinajstić information content (AvgIpc) is 3.04. The van der Waals surface area contributed by atoms with Crippen LogP contribution in [-0.2, 0) is 6.54 Å². The van der Waals surface area contributed by atoms with Crippen molar-refractivity contribution in [3.05, 3.63) is 35.7 Å². The lowest BCUT2D eigenvalue weighted by Gasteiger charge is -2.35. The lowest BCUT2D eigenvalue weighted by atomic mass is 10.0. The van der Waals surface area contributed by atoms with Crippen LogP contribution in [0.15, 0.2) is 24.3 Å². The van der Waals surface area contributed by atoms with Crippen molar-refractivity contribution in [3.8, 4) is 5.75 Å². The molecule has 0 N–H and O–H groups in total. The Morgan fingerprint density at radius 3 is 2.50 bits per heavy atom. The maximum Gasteiger partial charge on any atom is 0.169 e. The molecule has 7 heteroatoms. The van der Waals surface area contributed by atoms with Crippen LogP contribution in [0.1, 0.15) is 31.3 Å². The number of benzene rings is 1. The van der Waals surface area contributed by atoms with Gasteiger partial charge < -0.3 is 4.74 Å². The molecule has 24 heavy (non-hydrogen) atoms. The molecule has 0 aliphatic carbocycles. The van der Waals surface area contributed by atoms with E-state index < -0.39 is 0 Å². The molecule has 1 fully saturated rings. The third-order valence-electron chi connectivity index (χ3n) is 4.39. The normalized spacial score (nSPS) is 17.2. The van der Waals surface area contributed by atoms with Gasteiger partial charge in [0, 0.05) is 24.6 Å². The van der Waals surface area contributed by atoms with Crippen molar-refractivity contribution in [3.63, 3.8) is 0 Å². The fraction of sp³-hybridized carbons (Fsp3) is 0.588. The van der Waals surface area contributed by atoms with E-state index in [0.29, 0.717) is 12.5 Å². The molecule has 0 unspecified atom stereocenters. The second-order valence-corrected chi connectivity index (χ2v) is 7.60. The second kappa shape index (κ2) is 7.98. The Morgan fingerprint density at radius 1 is 1.17 bits per heavy atom. The van der Waals surface area contributed by atoms with E-state index in [4.69, 9.17) is 4.74 Å². The van der Waals surface area contributed by atoms with Crippen molar-refractivity contribution in [2.45, 2.75) is 26.4 Å². The first-order valence-corrected chi connectivity index (χ1v) is 9.55. The van der Waals surface area contributed by atoms with Gasteiger partial charge in [-0.1, -0.05) is 26.0 Å². The smallest absolute Gasteiger partial charge is 0.169 e. The Hall–Kier alpha value is -1.60. The summed E-state index contributed by atoms with van der Waals surface area (Å²) in [7, 11) is 1.68. The van der Waals surface area contributed by atoms with Gasteiger partial charge in [0.25, 0.3) is 0 Å². The maximum atomic E-state index is 5.22. The van der Waals surface area contributed by atoms with Crippen molar-refractivity contribution in [1.82, 2.24) is 25.1 Å². The molecule has 1 aromatic carbocycles. The van der Waals surface area contributed by atoms with Gasteiger partial charge in [-0.05, 0) is 34.0 Å². The Kier molecular flexibility index (Phi) is 5.73. The summed E-state index contributed by atoms with van der Waals surface area (Å²) >= 11 is 2.02. The molecule has 1 aliphatic rings. The van der Waals surface area contributed by atoms with Gasteiger partial charge in [0.15, 0.2) is 5.82 Å². The molecule has 1 aliphatic heterocycles. The molecule has 6 nitrogen and oxygen atoms in total. The summed E-state index contributed by atoms with van der Waals surface area (Å²) < 4.78 is 7.16. The van der Waals surface area contributed by atoms with Crippen LogP contribution in [-0.4, -0.2) is 56.8 Å². The molecule has 1 saturated heterocycles. The van der Waals surface area contributed by atoms with Crippen LogP contribution in [0.3, 0.4) is 0 Å². The van der Waals surface area contributed by atoms with Crippen LogP contribution in [0.25, 0.3) is 0 Å². The number of tetrazole rings is 1. The van der Waals surface area contributed by atoms with Crippen molar-refractivity contribution < 1.29 is 4.74 Å². The molecular weight excluding hydrogens is 322 g/mol. The fourth-order valence-electron chi connectivity index (χ4n) is 3.18. The number of hydrogen-bond acceptors (Lipinski definition) is 6. The maximum absolute atomic E-state index is 5.22. The van der Waals surface area contributed by atoms with Crippen molar-refractivity contribution >= 4 is 11.8 Å². The lowest BCUT2D eigenvalue weighted by Crippen LogP contribution is -2.39. The molecule has 1 aromatic heterocycles. The second-order valence-electron chi connectivity index (χ2n) is 6.38. The third-order valence-corrected chi connectivity index (χ3v) is 5.33. The van der Waals surface area contributed by atoms with Crippen LogP contribution in [0, 0.1) is 5.92 Å². The first-order valence-electron chi connectivity index (χ1n) is 8.40. The van der Waals surface area contributed by atoms with E-state index in [1.807, 2.05) is 28.6 Å². The summed E-state index contributed by atoms with van der Waals surface area (Å²) in [5, 5.41) is 12.6. The fourth-order valence-corrected chi connectivity index (χ4v) is 4.11. The number of nitrogens with zero attached hydrogens (tertiary/aromatic N) is 5. The molecule has 3 rings (SSSR count). The first-order chi connectivity index (χ1) is 11.7. The lowest BCUT2D eigenvalue weighted by molar-refractivity contribution is 0.158. The van der Waals surface area contributed by atoms with E-state index in [-0.39, 0.29) is 6.04 Å². The molecule has 0 amide bonds. The predicted octanol–water partition coefficient (Wildman–Crippen LogP) is 2.48. The Morgan fingerprint density at radius 2 is 1.88 bits per heavy atom. The number of hydrogen-bond donors (Lipinski definition) is 0. The molecule has 130 valence electrons. The van der Waals surface area contributed by atoms with Crippen LogP contribution >= 0.6 is 11.8 Å². The highest BCUT2D eigenvalue weighted by atomic mass is 32.2. The van der Waals surface area contributed by atoms with Crippen LogP contribution in [0.4, 0.5) is 0 Å². The van der Waals surface area contributed by atoms with E-state index in [9.17, 15) is 0 Å². The van der Waals surface area contributed by atoms with E-state index >= 15 is 0 Å². The van der Waals surface area contributed by atoms with Crippen LogP contribution in [0.5, 0.6) is 5.75 Å². The van der Waals surface area contributed by atoms with Gasteiger partial charge >= 0.3 is 0 Å². The summed E-state index contributed by atoms with van der Waals surface area (Å²) in [5.74, 6) is 4.66. The predicted molar refractivity (Wildman–Crippen MR) is 96.4 cm³/mol. The highest BCUT2D eigenvalue weighted by Gasteiger charge is 2.29. The number of rotatable bonds is 6. The largest absolute Gasteiger partial charge is 0.497 e. The van der Waals surface area contributed by atoms with Gasteiger partial charge in [0.1, 0.15) is 5.75 Å². The minimum Gasteiger partial charge on any atom is -0.497 e. The monoisotopic (exact) mass is 347 g/mol. The number of methoxy groups -OCH3 is 1. The summed E-state index contributed by atoms with van der Waals surface area (Å²) in [6.45, 7) is 7.38. The topological polar surface area (TPSA) is 56.1 Å². The van der Waals surface area contributed by atoms with Gasteiger partial charge in [0.2, 0.25) is 0 Å². The van der Waals surface area contributed by atoms with Gasteiger partial charge in [0.05, 0.1) is 19.7 Å². The molecule has 0 saturated carbocycles. The summed E-state index contributed by atoms with van der Waals surface area (Å²) in [4.78, 5) is 2.53. The quantitative estimate of drug-likeness (QED) is 0.800. The van der Waals surface area contributed by atoms with Crippen LogP contribution in [0.2, 0.25) is 0 Å². The van der Waals surface area contributed by atoms with Gasteiger partial charge in [-0.3, -0.25) is 4.90 Å². The SMILES string of the molecule is COc1ccc(Cn2nnnc2[C@H](C(C)C)N2CCSCC2)cc1. The summed E-state index contributed by atoms with van der Waals surface area (Å²) in [5.41, 5.74) is 1.17. The van der Waals surface area contributed by atoms with Crippen molar-refractivity contribution in [1.29, 1.82) is 0 Å². The molecule has 2 heterocycles. The van der Waals surface area contributed by atoms with Crippen molar-refractivity contribution in [2.24, 2.45) is 5.92 Å². The Labute approximate surface area is 147 Å². The van der Waals surface area contributed by atoms with Crippen molar-refractivity contribution in [2.75, 3.05) is 31.7 Å². The molecular formula is C17H25N5OS. The zero-order valence-corrected chi connectivity index (χ0v) is 15.4. The van der Waals surface area contributed by atoms with Gasteiger partial charge in [-0.15, -0.1) is 5.10 Å². The first kappa shape index (κ1) is 17.2. The van der Waals surface area contributed by atoms with E-state index in [1.54, 1.807) is 7.11 Å². The number of aromatic nitrogens is 4. The van der Waals surface area contributed by atoms with E-state index in [1.165, 1.54) is 17.1 Å². The third kappa shape index (κ3) is 3.89.